The molecule has 1 aromatic rings. The SMILES string of the molecule is CCC(=O)NCc1nnc(C)o1. The summed E-state index contributed by atoms with van der Waals surface area (Å²) in [6, 6.07) is 0. The third-order valence-corrected chi connectivity index (χ3v) is 1.33. The van der Waals surface area contributed by atoms with Crippen molar-refractivity contribution in [2.75, 3.05) is 0 Å². The highest BCUT2D eigenvalue weighted by molar-refractivity contribution is 5.75. The van der Waals surface area contributed by atoms with Crippen LogP contribution in [0.25, 0.3) is 0 Å². The van der Waals surface area contributed by atoms with E-state index in [2.05, 4.69) is 15.5 Å². The molecule has 0 fully saturated rings. The molecule has 5 nitrogen and oxygen atoms in total. The quantitative estimate of drug-likeness (QED) is 0.711. The van der Waals surface area contributed by atoms with Crippen LogP contribution in [0.5, 0.6) is 0 Å². The van der Waals surface area contributed by atoms with E-state index >= 15 is 0 Å². The second-order valence-electron chi connectivity index (χ2n) is 2.35. The molecule has 0 spiro atoms. The van der Waals surface area contributed by atoms with Gasteiger partial charge in [0.1, 0.15) is 0 Å². The van der Waals surface area contributed by atoms with Crippen LogP contribution >= 0.6 is 0 Å². The average molecular weight is 169 g/mol. The van der Waals surface area contributed by atoms with Gasteiger partial charge in [-0.25, -0.2) is 0 Å². The van der Waals surface area contributed by atoms with Crippen molar-refractivity contribution >= 4 is 5.91 Å². The highest BCUT2D eigenvalue weighted by atomic mass is 16.4. The molecule has 1 amide bonds. The zero-order valence-electron chi connectivity index (χ0n) is 7.13. The van der Waals surface area contributed by atoms with Crippen LogP contribution in [0.4, 0.5) is 0 Å². The van der Waals surface area contributed by atoms with Gasteiger partial charge in [-0.2, -0.15) is 0 Å². The summed E-state index contributed by atoms with van der Waals surface area (Å²) in [7, 11) is 0. The number of nitrogens with zero attached hydrogens (tertiary/aromatic N) is 2. The van der Waals surface area contributed by atoms with Gasteiger partial charge < -0.3 is 9.73 Å². The summed E-state index contributed by atoms with van der Waals surface area (Å²) in [5.41, 5.74) is 0. The summed E-state index contributed by atoms with van der Waals surface area (Å²) in [6.07, 6.45) is 0.465. The molecule has 1 N–H and O–H groups in total. The molecule has 5 heteroatoms. The zero-order chi connectivity index (χ0) is 8.97. The number of aryl methyl sites for hydroxylation is 1. The third-order valence-electron chi connectivity index (χ3n) is 1.33. The van der Waals surface area contributed by atoms with Gasteiger partial charge >= 0.3 is 0 Å². The summed E-state index contributed by atoms with van der Waals surface area (Å²) < 4.78 is 5.04. The lowest BCUT2D eigenvalue weighted by Gasteiger charge is -1.97. The maximum absolute atomic E-state index is 10.8. The van der Waals surface area contributed by atoms with Crippen LogP contribution in [0.15, 0.2) is 4.42 Å². The van der Waals surface area contributed by atoms with Crippen molar-refractivity contribution in [3.63, 3.8) is 0 Å². The topological polar surface area (TPSA) is 68.0 Å². The maximum atomic E-state index is 10.8. The molecule has 1 heterocycles. The normalized spacial score (nSPS) is 9.83. The first-order valence-corrected chi connectivity index (χ1v) is 3.78. The fraction of sp³-hybridized carbons (Fsp3) is 0.571. The summed E-state index contributed by atoms with van der Waals surface area (Å²) in [5.74, 6) is 0.927. The Morgan fingerprint density at radius 1 is 1.58 bits per heavy atom. The van der Waals surface area contributed by atoms with Gasteiger partial charge in [-0.05, 0) is 0 Å². The van der Waals surface area contributed by atoms with E-state index in [1.165, 1.54) is 0 Å². The Morgan fingerprint density at radius 2 is 2.33 bits per heavy atom. The van der Waals surface area contributed by atoms with Gasteiger partial charge in [0.05, 0.1) is 6.54 Å². The Morgan fingerprint density at radius 3 is 2.83 bits per heavy atom. The predicted octanol–water partition coefficient (Wildman–Crippen LogP) is 0.404. The highest BCUT2D eigenvalue weighted by Crippen LogP contribution is 1.96. The van der Waals surface area contributed by atoms with Crippen LogP contribution in [0.3, 0.4) is 0 Å². The lowest BCUT2D eigenvalue weighted by atomic mass is 10.4. The Kier molecular flexibility index (Phi) is 2.79. The monoisotopic (exact) mass is 169 g/mol. The molecular weight excluding hydrogens is 158 g/mol. The molecule has 0 aliphatic rings. The highest BCUT2D eigenvalue weighted by Gasteiger charge is 2.02. The third kappa shape index (κ3) is 2.34. The van der Waals surface area contributed by atoms with Crippen molar-refractivity contribution in [2.24, 2.45) is 0 Å². The first-order chi connectivity index (χ1) is 5.72. The number of aromatic nitrogens is 2. The molecule has 0 aliphatic carbocycles. The van der Waals surface area contributed by atoms with E-state index in [9.17, 15) is 4.79 Å². The molecular formula is C7H11N3O2. The van der Waals surface area contributed by atoms with Crippen LogP contribution in [0.1, 0.15) is 25.1 Å². The summed E-state index contributed by atoms with van der Waals surface area (Å²) in [5, 5.41) is 9.97. The van der Waals surface area contributed by atoms with Gasteiger partial charge in [0.2, 0.25) is 17.7 Å². The van der Waals surface area contributed by atoms with E-state index in [1.54, 1.807) is 13.8 Å². The van der Waals surface area contributed by atoms with E-state index in [4.69, 9.17) is 4.42 Å². The van der Waals surface area contributed by atoms with Gasteiger partial charge in [-0.15, -0.1) is 10.2 Å². The number of nitrogens with one attached hydrogen (secondary N) is 1. The average Bonchev–Trinajstić information content (AvgIpc) is 2.47. The van der Waals surface area contributed by atoms with E-state index in [0.717, 1.165) is 0 Å². The molecule has 0 atom stereocenters. The molecule has 12 heavy (non-hydrogen) atoms. The summed E-state index contributed by atoms with van der Waals surface area (Å²) in [4.78, 5) is 10.8. The van der Waals surface area contributed by atoms with E-state index in [0.29, 0.717) is 24.7 Å². The van der Waals surface area contributed by atoms with E-state index in [1.807, 2.05) is 0 Å². The van der Waals surface area contributed by atoms with Crippen LogP contribution in [-0.4, -0.2) is 16.1 Å². The number of amides is 1. The van der Waals surface area contributed by atoms with E-state index in [-0.39, 0.29) is 5.91 Å². The van der Waals surface area contributed by atoms with Crippen molar-refractivity contribution in [3.05, 3.63) is 11.8 Å². The predicted molar refractivity (Wildman–Crippen MR) is 41.2 cm³/mol. The second-order valence-corrected chi connectivity index (χ2v) is 2.35. The Labute approximate surface area is 70.2 Å². The second kappa shape index (κ2) is 3.85. The van der Waals surface area contributed by atoms with Crippen molar-refractivity contribution in [2.45, 2.75) is 26.8 Å². The molecule has 0 aromatic carbocycles. The number of carbonyl (C=O) groups excluding carboxylic acids is 1. The largest absolute Gasteiger partial charge is 0.424 e. The van der Waals surface area contributed by atoms with Crippen LogP contribution in [0.2, 0.25) is 0 Å². The van der Waals surface area contributed by atoms with Gasteiger partial charge in [-0.3, -0.25) is 4.79 Å². The Hall–Kier alpha value is -1.39. The minimum absolute atomic E-state index is 0.0224. The maximum Gasteiger partial charge on any atom is 0.235 e. The molecule has 1 aromatic heterocycles. The zero-order valence-corrected chi connectivity index (χ0v) is 7.13. The van der Waals surface area contributed by atoms with Crippen molar-refractivity contribution in [3.8, 4) is 0 Å². The molecule has 0 bridgehead atoms. The van der Waals surface area contributed by atoms with Gasteiger partial charge in [0.25, 0.3) is 0 Å². The molecule has 0 radical (unpaired) electrons. The fourth-order valence-corrected chi connectivity index (χ4v) is 0.708. The molecule has 0 aliphatic heterocycles. The van der Waals surface area contributed by atoms with Crippen LogP contribution in [0, 0.1) is 6.92 Å². The number of hydrogen-bond donors (Lipinski definition) is 1. The van der Waals surface area contributed by atoms with Crippen LogP contribution < -0.4 is 5.32 Å². The van der Waals surface area contributed by atoms with Gasteiger partial charge in [0.15, 0.2) is 0 Å². The molecule has 0 saturated heterocycles. The van der Waals surface area contributed by atoms with Gasteiger partial charge in [-0.1, -0.05) is 6.92 Å². The smallest absolute Gasteiger partial charge is 0.235 e. The number of carbonyl (C=O) groups is 1. The summed E-state index contributed by atoms with van der Waals surface area (Å²) in [6.45, 7) is 3.81. The number of hydrogen-bond acceptors (Lipinski definition) is 4. The molecule has 0 unspecified atom stereocenters. The van der Waals surface area contributed by atoms with Gasteiger partial charge in [0, 0.05) is 13.3 Å². The molecule has 66 valence electrons. The minimum Gasteiger partial charge on any atom is -0.424 e. The van der Waals surface area contributed by atoms with Crippen molar-refractivity contribution < 1.29 is 9.21 Å². The lowest BCUT2D eigenvalue weighted by molar-refractivity contribution is -0.121. The lowest BCUT2D eigenvalue weighted by Crippen LogP contribution is -2.21. The van der Waals surface area contributed by atoms with Crippen molar-refractivity contribution in [1.82, 2.24) is 15.5 Å². The molecule has 0 saturated carbocycles. The summed E-state index contributed by atoms with van der Waals surface area (Å²) >= 11 is 0. The van der Waals surface area contributed by atoms with Crippen molar-refractivity contribution in [1.29, 1.82) is 0 Å². The minimum atomic E-state index is -0.0224. The Balaban J connectivity index is 2.38. The number of rotatable bonds is 3. The fourth-order valence-electron chi connectivity index (χ4n) is 0.708. The first-order valence-electron chi connectivity index (χ1n) is 3.78. The first kappa shape index (κ1) is 8.70. The Bertz CT molecular complexity index is 269. The van der Waals surface area contributed by atoms with E-state index < -0.39 is 0 Å². The standard InChI is InChI=1S/C7H11N3O2/c1-3-6(11)8-4-7-10-9-5(2)12-7/h3-4H2,1-2H3,(H,8,11). The van der Waals surface area contributed by atoms with Crippen LogP contribution in [-0.2, 0) is 11.3 Å². The molecule has 1 rings (SSSR count).